The van der Waals surface area contributed by atoms with Crippen molar-refractivity contribution >= 4 is 28.2 Å². The number of fused-ring (bicyclic) bond motifs is 1. The summed E-state index contributed by atoms with van der Waals surface area (Å²) in [6.45, 7) is 1.94. The van der Waals surface area contributed by atoms with Crippen LogP contribution >= 0.6 is 22.6 Å². The number of ether oxygens (including phenoxy) is 1. The fourth-order valence-electron chi connectivity index (χ4n) is 1.78. The molecule has 2 heterocycles. The van der Waals surface area contributed by atoms with Crippen LogP contribution in [0.25, 0.3) is 5.65 Å². The van der Waals surface area contributed by atoms with Crippen molar-refractivity contribution in [3.63, 3.8) is 0 Å². The minimum atomic E-state index is -2.75. The summed E-state index contributed by atoms with van der Waals surface area (Å²) >= 11 is 2.13. The summed E-state index contributed by atoms with van der Waals surface area (Å²) < 4.78 is 33.2. The average molecular weight is 402 g/mol. The van der Waals surface area contributed by atoms with Gasteiger partial charge in [-0.05, 0) is 53.3 Å². The van der Waals surface area contributed by atoms with Gasteiger partial charge < -0.3 is 4.74 Å². The molecule has 0 aliphatic heterocycles. The minimum Gasteiger partial charge on any atom is -0.436 e. The monoisotopic (exact) mass is 402 g/mol. The van der Waals surface area contributed by atoms with Crippen molar-refractivity contribution in [2.45, 2.75) is 13.3 Å². The fraction of sp³-hybridized carbons (Fsp3) is 0.154. The fourth-order valence-corrected chi connectivity index (χ4v) is 2.23. The molecule has 21 heavy (non-hydrogen) atoms. The van der Waals surface area contributed by atoms with Gasteiger partial charge in [-0.15, -0.1) is 15.3 Å². The van der Waals surface area contributed by atoms with E-state index >= 15 is 0 Å². The molecule has 0 atom stereocenters. The molecular formula is C13H9F2IN4O. The van der Waals surface area contributed by atoms with Gasteiger partial charge in [-0.1, -0.05) is 6.07 Å². The number of hydrogen-bond donors (Lipinski definition) is 0. The second-order valence-electron chi connectivity index (χ2n) is 4.34. The first kappa shape index (κ1) is 14.1. The summed E-state index contributed by atoms with van der Waals surface area (Å²) in [5.41, 5.74) is 1.28. The molecule has 0 aliphatic rings. The van der Waals surface area contributed by atoms with E-state index in [1.165, 1.54) is 6.07 Å². The average Bonchev–Trinajstić information content (AvgIpc) is 2.86. The van der Waals surface area contributed by atoms with E-state index in [9.17, 15) is 8.78 Å². The van der Waals surface area contributed by atoms with Crippen LogP contribution in [0, 0.1) is 10.5 Å². The molecule has 2 aromatic heterocycles. The predicted molar refractivity (Wildman–Crippen MR) is 79.7 cm³/mol. The third-order valence-corrected chi connectivity index (χ3v) is 3.65. The van der Waals surface area contributed by atoms with E-state index in [4.69, 9.17) is 4.74 Å². The summed E-state index contributed by atoms with van der Waals surface area (Å²) in [5, 5.41) is 11.1. The Kier molecular flexibility index (Phi) is 3.70. The number of aryl methyl sites for hydroxylation is 1. The zero-order chi connectivity index (χ0) is 15.0. The van der Waals surface area contributed by atoms with Gasteiger partial charge in [0.1, 0.15) is 5.75 Å². The van der Waals surface area contributed by atoms with Crippen LogP contribution < -0.4 is 4.74 Å². The molecule has 108 valence electrons. The molecule has 0 bridgehead atoms. The highest BCUT2D eigenvalue weighted by atomic mass is 127. The third-order valence-electron chi connectivity index (χ3n) is 2.76. The molecule has 0 unspecified atom stereocenters. The van der Waals surface area contributed by atoms with Crippen LogP contribution in [0.4, 0.5) is 8.78 Å². The smallest absolute Gasteiger partial charge is 0.299 e. The highest BCUT2D eigenvalue weighted by molar-refractivity contribution is 14.1. The molecule has 0 N–H and O–H groups in total. The topological polar surface area (TPSA) is 52.3 Å². The van der Waals surface area contributed by atoms with Crippen molar-refractivity contribution in [2.75, 3.05) is 0 Å². The van der Waals surface area contributed by atoms with Gasteiger partial charge in [0.05, 0.1) is 3.57 Å². The van der Waals surface area contributed by atoms with Crippen molar-refractivity contribution < 1.29 is 13.5 Å². The van der Waals surface area contributed by atoms with Crippen molar-refractivity contribution in [1.82, 2.24) is 19.8 Å². The minimum absolute atomic E-state index is 0.202. The Morgan fingerprint density at radius 2 is 2.00 bits per heavy atom. The third kappa shape index (κ3) is 2.80. The predicted octanol–water partition coefficient (Wildman–Crippen LogP) is 3.77. The molecule has 0 amide bonds. The van der Waals surface area contributed by atoms with Gasteiger partial charge in [-0.2, -0.15) is 4.52 Å². The van der Waals surface area contributed by atoms with Crippen LogP contribution in [0.3, 0.4) is 0 Å². The molecule has 3 rings (SSSR count). The molecule has 5 nitrogen and oxygen atoms in total. The SMILES string of the molecule is Cc1ccc(I)c(Oc2ccc3nnc(C(F)F)n3n2)c1. The first-order chi connectivity index (χ1) is 10.0. The summed E-state index contributed by atoms with van der Waals surface area (Å²) in [7, 11) is 0. The molecule has 0 fully saturated rings. The van der Waals surface area contributed by atoms with Crippen LogP contribution in [-0.2, 0) is 0 Å². The number of aromatic nitrogens is 4. The van der Waals surface area contributed by atoms with Crippen molar-refractivity contribution in [1.29, 1.82) is 0 Å². The van der Waals surface area contributed by atoms with E-state index in [1.54, 1.807) is 6.07 Å². The number of hydrogen-bond acceptors (Lipinski definition) is 4. The number of nitrogens with zero attached hydrogens (tertiary/aromatic N) is 4. The number of alkyl halides is 2. The van der Waals surface area contributed by atoms with Gasteiger partial charge in [0.25, 0.3) is 6.43 Å². The van der Waals surface area contributed by atoms with E-state index in [1.807, 2.05) is 25.1 Å². The number of halogens is 3. The Hall–Kier alpha value is -1.84. The van der Waals surface area contributed by atoms with E-state index < -0.39 is 12.2 Å². The van der Waals surface area contributed by atoms with Crippen LogP contribution in [0.5, 0.6) is 11.6 Å². The largest absolute Gasteiger partial charge is 0.436 e. The molecule has 0 saturated carbocycles. The molecule has 1 aromatic carbocycles. The van der Waals surface area contributed by atoms with E-state index in [0.29, 0.717) is 5.75 Å². The lowest BCUT2D eigenvalue weighted by Crippen LogP contribution is -2.01. The van der Waals surface area contributed by atoms with Crippen LogP contribution in [0.2, 0.25) is 0 Å². The Morgan fingerprint density at radius 1 is 1.19 bits per heavy atom. The summed E-state index contributed by atoms with van der Waals surface area (Å²) in [4.78, 5) is 0. The first-order valence-corrected chi connectivity index (χ1v) is 7.07. The Morgan fingerprint density at radius 3 is 2.76 bits per heavy atom. The number of rotatable bonds is 3. The second-order valence-corrected chi connectivity index (χ2v) is 5.50. The standard InChI is InChI=1S/C13H9F2IN4O/c1-7-2-3-8(16)9(6-7)21-11-5-4-10-17-18-13(12(14)15)20(10)19-11/h2-6,12H,1H3. The van der Waals surface area contributed by atoms with Gasteiger partial charge in [0.2, 0.25) is 11.7 Å². The Labute approximate surface area is 132 Å². The maximum Gasteiger partial charge on any atom is 0.299 e. The molecule has 0 spiro atoms. The highest BCUT2D eigenvalue weighted by Crippen LogP contribution is 2.27. The summed E-state index contributed by atoms with van der Waals surface area (Å²) in [6, 6.07) is 8.82. The van der Waals surface area contributed by atoms with Crippen LogP contribution in [0.15, 0.2) is 30.3 Å². The van der Waals surface area contributed by atoms with E-state index in [2.05, 4.69) is 37.9 Å². The zero-order valence-corrected chi connectivity index (χ0v) is 13.0. The van der Waals surface area contributed by atoms with Crippen molar-refractivity contribution in [3.8, 4) is 11.6 Å². The normalized spacial score (nSPS) is 11.3. The quantitative estimate of drug-likeness (QED) is 0.627. The van der Waals surface area contributed by atoms with Gasteiger partial charge in [-0.3, -0.25) is 0 Å². The Bertz CT molecular complexity index is 806. The summed E-state index contributed by atoms with van der Waals surface area (Å²) in [5.74, 6) is 0.316. The highest BCUT2D eigenvalue weighted by Gasteiger charge is 2.17. The molecule has 0 radical (unpaired) electrons. The zero-order valence-electron chi connectivity index (χ0n) is 10.8. The number of benzene rings is 1. The first-order valence-electron chi connectivity index (χ1n) is 5.99. The lowest BCUT2D eigenvalue weighted by Gasteiger charge is -2.08. The van der Waals surface area contributed by atoms with Crippen LogP contribution in [0.1, 0.15) is 17.8 Å². The van der Waals surface area contributed by atoms with Crippen molar-refractivity contribution in [2.24, 2.45) is 0 Å². The molecule has 0 saturated heterocycles. The lowest BCUT2D eigenvalue weighted by atomic mass is 10.2. The van der Waals surface area contributed by atoms with E-state index in [-0.39, 0.29) is 11.5 Å². The second kappa shape index (κ2) is 5.51. The van der Waals surface area contributed by atoms with E-state index in [0.717, 1.165) is 13.6 Å². The maximum atomic E-state index is 12.8. The molecule has 3 aromatic rings. The van der Waals surface area contributed by atoms with Gasteiger partial charge >= 0.3 is 0 Å². The van der Waals surface area contributed by atoms with Gasteiger partial charge in [0.15, 0.2) is 5.65 Å². The van der Waals surface area contributed by atoms with Crippen LogP contribution in [-0.4, -0.2) is 19.8 Å². The van der Waals surface area contributed by atoms with Gasteiger partial charge in [0, 0.05) is 6.07 Å². The molecule has 0 aliphatic carbocycles. The maximum absolute atomic E-state index is 12.8. The summed E-state index contributed by atoms with van der Waals surface area (Å²) in [6.07, 6.45) is -2.75. The lowest BCUT2D eigenvalue weighted by molar-refractivity contribution is 0.137. The van der Waals surface area contributed by atoms with Gasteiger partial charge in [-0.25, -0.2) is 8.78 Å². The Balaban J connectivity index is 2.01. The molecule has 8 heteroatoms. The van der Waals surface area contributed by atoms with Crippen molar-refractivity contribution in [3.05, 3.63) is 45.3 Å². The molecular weight excluding hydrogens is 393 g/mol.